The standard InChI is InChI=1S/C20H21N3O4.C19H19N5O4.C19H19N5O3.C19H19N3O4.C17H15N3O4/c1-5-27-20(24)14-8-10-16-18(19(14)26-4)15(22-23(16)2)9-6-13-7-11-17(25-3)21-12-13;1-28-17-12(19(27)22-15(10-25)18(20)26)3-5-14-16(17)13(23-24-14)4-2-11-6-8-21-9-7-11;1-11(18(20)25)22-19(26)13-4-6-15-16(17(13)27-2)14(23-24-15)5-3-12-7-9-21-10-8-12;1-4-26-19(23)13-7-9-15-17(18(13)25-3)14(21-22-15)8-5-12-6-10-16(24-2)20-11-12;1-23-14-8-4-10(9-18-14)3-6-12-15-13(20-19-12)7-5-11(17(21)22)16(15)24-2/h6-12H,5H2,1-4H3;2-9,15,25H,10H2,1H3,(H2,20,26)(H,22,27)(H,23,24);3-11H,1-2H3,(H2,20,25)(H,22,26)(H,23,24);5-11H,4H2,1-3H3,(H,21,22);3-9H,1-2H3,(H,19,20)(H,21,22)/b9-6+;4-2+;5-3+;8-5+;6-3+. The summed E-state index contributed by atoms with van der Waals surface area (Å²) in [5.41, 5.74) is 23.1. The fraction of sp³-hybridized carbons (Fsp3) is 0.181. The van der Waals surface area contributed by atoms with Crippen LogP contribution in [0.5, 0.6) is 46.4 Å². The number of aryl methyl sites for hydroxylation is 1. The van der Waals surface area contributed by atoms with E-state index in [4.69, 9.17) is 58.8 Å². The largest absolute Gasteiger partial charge is 0.495 e. The molecule has 0 radical (unpaired) electrons. The van der Waals surface area contributed by atoms with E-state index in [1.54, 1.807) is 150 Å². The number of methoxy groups -OCH3 is 8. The van der Waals surface area contributed by atoms with E-state index in [0.717, 1.165) is 49.8 Å². The SMILES string of the molecule is CCOC(=O)c1ccc2c(c(/C=C/c3ccc(OC)nc3)nn2C)c1OC.CCOC(=O)c1ccc2n[nH]c(/C=C/c3ccc(OC)nc3)c2c1OC.COc1c(C(=O)NC(C)C(N)=O)ccc2n[nH]c(/C=C/c3ccncc3)c12.COc1c(C(=O)NC(CO)C(N)=O)ccc2n[nH]c(/C=C/c3ccncc3)c12.COc1ccc(/C=C/c2[nH]nc3ccc(C(=O)O)c(OC)c23)cn1. The maximum atomic E-state index is 12.6. The number of aromatic nitrogens is 15. The van der Waals surface area contributed by atoms with E-state index in [2.05, 4.69) is 81.4 Å². The Morgan fingerprint density at radius 3 is 1.07 bits per heavy atom. The summed E-state index contributed by atoms with van der Waals surface area (Å²) in [5, 5.41) is 60.0. The highest BCUT2D eigenvalue weighted by Crippen LogP contribution is 2.39. The van der Waals surface area contributed by atoms with Crippen LogP contribution in [0.4, 0.5) is 0 Å². The fourth-order valence-corrected chi connectivity index (χ4v) is 13.2. The molecule has 2 atom stereocenters. The zero-order valence-corrected chi connectivity index (χ0v) is 73.5. The highest BCUT2D eigenvalue weighted by atomic mass is 16.5. The van der Waals surface area contributed by atoms with Gasteiger partial charge in [0, 0.05) is 68.6 Å². The molecule has 132 heavy (non-hydrogen) atoms. The van der Waals surface area contributed by atoms with Gasteiger partial charge in [0.1, 0.15) is 57.5 Å². The third kappa shape index (κ3) is 23.0. The number of amides is 4. The van der Waals surface area contributed by atoms with Crippen molar-refractivity contribution < 1.29 is 91.1 Å². The molecule has 0 spiro atoms. The minimum atomic E-state index is -1.19. The average molecular weight is 1790 g/mol. The van der Waals surface area contributed by atoms with Crippen molar-refractivity contribution in [3.63, 3.8) is 0 Å². The molecule has 10 heterocycles. The maximum absolute atomic E-state index is 12.6. The number of H-pyrrole nitrogens is 4. The Kier molecular flexibility index (Phi) is 32.9. The number of aromatic carboxylic acids is 1. The van der Waals surface area contributed by atoms with Crippen LogP contribution in [-0.2, 0) is 26.1 Å². The average Bonchev–Trinajstić information content (AvgIpc) is 1.46. The van der Waals surface area contributed by atoms with Gasteiger partial charge in [0.2, 0.25) is 29.5 Å². The number of fused-ring (bicyclic) bond motifs is 5. The minimum absolute atomic E-state index is 0.0900. The van der Waals surface area contributed by atoms with Crippen molar-refractivity contribution in [3.8, 4) is 46.4 Å². The number of aliphatic hydroxyl groups is 1. The van der Waals surface area contributed by atoms with Crippen LogP contribution in [0.1, 0.15) is 129 Å². The Labute approximate surface area is 753 Å². The van der Waals surface area contributed by atoms with Gasteiger partial charge in [-0.05, 0) is 182 Å². The molecular weight excluding hydrogens is 1700 g/mol. The van der Waals surface area contributed by atoms with Gasteiger partial charge in [-0.3, -0.25) is 54.2 Å². The number of carbonyl (C=O) groups excluding carboxylic acids is 6. The number of carbonyl (C=O) groups is 7. The molecule has 0 aliphatic rings. The number of hydrogen-bond acceptors (Lipinski definition) is 28. The first-order chi connectivity index (χ1) is 63.9. The molecule has 0 aliphatic heterocycles. The second-order valence-electron chi connectivity index (χ2n) is 27.8. The second-order valence-corrected chi connectivity index (χ2v) is 27.8. The van der Waals surface area contributed by atoms with E-state index in [1.807, 2.05) is 110 Å². The van der Waals surface area contributed by atoms with Gasteiger partial charge in [-0.2, -0.15) is 25.5 Å². The summed E-state index contributed by atoms with van der Waals surface area (Å²) in [6.07, 6.45) is 30.4. The third-order valence-corrected chi connectivity index (χ3v) is 19.7. The first-order valence-corrected chi connectivity index (χ1v) is 40.3. The van der Waals surface area contributed by atoms with Gasteiger partial charge in [-0.1, -0.05) is 30.4 Å². The number of rotatable bonds is 30. The summed E-state index contributed by atoms with van der Waals surface area (Å²) < 4.78 is 54.4. The van der Waals surface area contributed by atoms with Crippen molar-refractivity contribution in [2.75, 3.05) is 76.7 Å². The number of pyridine rings is 5. The number of nitrogens with one attached hydrogen (secondary N) is 6. The Balaban J connectivity index is 0.000000159. The predicted octanol–water partition coefficient (Wildman–Crippen LogP) is 12.0. The molecule has 2 unspecified atom stereocenters. The van der Waals surface area contributed by atoms with Gasteiger partial charge < -0.3 is 79.7 Å². The van der Waals surface area contributed by atoms with Crippen molar-refractivity contribution in [1.29, 1.82) is 0 Å². The van der Waals surface area contributed by atoms with E-state index in [0.29, 0.717) is 126 Å². The van der Waals surface area contributed by atoms with Crippen molar-refractivity contribution in [2.45, 2.75) is 32.9 Å². The van der Waals surface area contributed by atoms with E-state index in [1.165, 1.54) is 54.6 Å². The van der Waals surface area contributed by atoms with Crippen LogP contribution in [-0.4, -0.2) is 216 Å². The highest BCUT2D eigenvalue weighted by Gasteiger charge is 2.27. The lowest BCUT2D eigenvalue weighted by Crippen LogP contribution is -2.46. The van der Waals surface area contributed by atoms with Crippen molar-refractivity contribution in [2.24, 2.45) is 18.5 Å². The molecule has 0 fully saturated rings. The zero-order chi connectivity index (χ0) is 94.5. The smallest absolute Gasteiger partial charge is 0.341 e. The van der Waals surface area contributed by atoms with E-state index in [-0.39, 0.29) is 22.4 Å². The topological polar surface area (TPSA) is 525 Å². The molecule has 678 valence electrons. The van der Waals surface area contributed by atoms with Gasteiger partial charge in [0.15, 0.2) is 0 Å². The molecular formula is C94H93N19O19. The Bertz CT molecular complexity index is 6770. The Morgan fingerprint density at radius 1 is 0.402 bits per heavy atom. The summed E-state index contributed by atoms with van der Waals surface area (Å²) in [6, 6.07) is 33.0. The summed E-state index contributed by atoms with van der Waals surface area (Å²) in [6.45, 7) is 5.04. The number of aliphatic hydroxyl groups excluding tert-OH is 1. The number of carboxylic acids is 1. The van der Waals surface area contributed by atoms with Crippen LogP contribution < -0.4 is 60.0 Å². The maximum Gasteiger partial charge on any atom is 0.341 e. The molecule has 10 aromatic heterocycles. The number of carboxylic acid groups (broad SMARTS) is 1. The number of hydrogen-bond donors (Lipinski definition) is 10. The number of aromatic amines is 4. The van der Waals surface area contributed by atoms with E-state index in [9.17, 15) is 43.8 Å². The molecule has 12 N–H and O–H groups in total. The van der Waals surface area contributed by atoms with Crippen molar-refractivity contribution in [3.05, 3.63) is 249 Å². The molecule has 0 saturated carbocycles. The lowest BCUT2D eigenvalue weighted by atomic mass is 10.1. The number of primary amides is 2. The fourth-order valence-electron chi connectivity index (χ4n) is 13.2. The Morgan fingerprint density at radius 2 is 0.735 bits per heavy atom. The molecule has 38 nitrogen and oxygen atoms in total. The number of ether oxygens (including phenoxy) is 10. The molecule has 15 aromatic rings. The normalized spacial score (nSPS) is 11.6. The third-order valence-electron chi connectivity index (χ3n) is 19.7. The Hall–Kier alpha value is -17.5. The second kappa shape index (κ2) is 45.6. The van der Waals surface area contributed by atoms with Gasteiger partial charge in [-0.25, -0.2) is 29.3 Å². The summed E-state index contributed by atoms with van der Waals surface area (Å²) in [5.74, 6) is -0.947. The number of esters is 2. The highest BCUT2D eigenvalue weighted by molar-refractivity contribution is 6.10. The van der Waals surface area contributed by atoms with Crippen LogP contribution in [0, 0.1) is 0 Å². The van der Waals surface area contributed by atoms with E-state index < -0.39 is 60.2 Å². The number of nitrogens with two attached hydrogens (primary N) is 2. The molecule has 38 heteroatoms. The van der Waals surface area contributed by atoms with Crippen molar-refractivity contribution in [1.82, 2.24) is 86.1 Å². The quantitative estimate of drug-likeness (QED) is 0.0187. The van der Waals surface area contributed by atoms with Gasteiger partial charge in [-0.15, -0.1) is 0 Å². The lowest BCUT2D eigenvalue weighted by Gasteiger charge is -2.15. The number of benzene rings is 5. The lowest BCUT2D eigenvalue weighted by molar-refractivity contribution is -0.121. The van der Waals surface area contributed by atoms with Gasteiger partial charge in [0.05, 0.1) is 171 Å². The summed E-state index contributed by atoms with van der Waals surface area (Å²) in [7, 11) is 14.0. The molecule has 0 bridgehead atoms. The van der Waals surface area contributed by atoms with Crippen LogP contribution in [0.15, 0.2) is 165 Å². The molecule has 15 rings (SSSR count). The molecule has 0 aliphatic carbocycles. The first kappa shape index (κ1) is 95.2. The number of nitrogens with zero attached hydrogens (tertiary/aromatic N) is 11. The minimum Gasteiger partial charge on any atom is -0.495 e. The predicted molar refractivity (Wildman–Crippen MR) is 496 cm³/mol. The van der Waals surface area contributed by atoms with Crippen LogP contribution in [0.25, 0.3) is 115 Å². The van der Waals surface area contributed by atoms with Crippen LogP contribution in [0.2, 0.25) is 0 Å². The van der Waals surface area contributed by atoms with Crippen LogP contribution in [0.3, 0.4) is 0 Å². The molecule has 5 aromatic carbocycles. The van der Waals surface area contributed by atoms with Gasteiger partial charge in [0.25, 0.3) is 11.8 Å². The van der Waals surface area contributed by atoms with Crippen molar-refractivity contribution >= 4 is 157 Å². The zero-order valence-electron chi connectivity index (χ0n) is 73.5. The van der Waals surface area contributed by atoms with E-state index >= 15 is 0 Å². The van der Waals surface area contributed by atoms with Gasteiger partial charge >= 0.3 is 17.9 Å². The first-order valence-electron chi connectivity index (χ1n) is 40.3. The monoisotopic (exact) mass is 1790 g/mol. The summed E-state index contributed by atoms with van der Waals surface area (Å²) in [4.78, 5) is 104. The van der Waals surface area contributed by atoms with Crippen LogP contribution >= 0.6 is 0 Å². The molecule has 0 saturated heterocycles. The molecule has 4 amide bonds. The summed E-state index contributed by atoms with van der Waals surface area (Å²) >= 11 is 0.